The van der Waals surface area contributed by atoms with Crippen molar-refractivity contribution < 1.29 is 9.84 Å². The summed E-state index contributed by atoms with van der Waals surface area (Å²) in [6.07, 6.45) is 4.89. The number of aliphatic hydroxyl groups excluding tert-OH is 1. The van der Waals surface area contributed by atoms with Gasteiger partial charge in [0.15, 0.2) is 0 Å². The molecule has 0 aromatic carbocycles. The summed E-state index contributed by atoms with van der Waals surface area (Å²) >= 11 is 0. The summed E-state index contributed by atoms with van der Waals surface area (Å²) in [5, 5.41) is 9.76. The van der Waals surface area contributed by atoms with Crippen LogP contribution >= 0.6 is 0 Å². The second-order valence-corrected chi connectivity index (χ2v) is 5.69. The third kappa shape index (κ3) is 3.55. The Morgan fingerprint density at radius 2 is 2.42 bits per heavy atom. The standard InChI is InChI=1S/C14H25N3O2/c1-12-13(16-11-15-12)8-17-6-3-4-14(9-17,10-18)5-7-19-2/h11,18H,3-10H2,1-2H3,(H,15,16)/t14-/m1/s1. The van der Waals surface area contributed by atoms with Crippen LogP contribution in [0.3, 0.4) is 0 Å². The van der Waals surface area contributed by atoms with Gasteiger partial charge in [-0.15, -0.1) is 0 Å². The molecule has 0 spiro atoms. The first-order chi connectivity index (χ1) is 9.19. The zero-order valence-electron chi connectivity index (χ0n) is 12.0. The quantitative estimate of drug-likeness (QED) is 0.816. The number of H-pyrrole nitrogens is 1. The zero-order valence-corrected chi connectivity index (χ0v) is 12.0. The number of hydrogen-bond acceptors (Lipinski definition) is 4. The van der Waals surface area contributed by atoms with Crippen molar-refractivity contribution in [2.24, 2.45) is 5.41 Å². The van der Waals surface area contributed by atoms with Gasteiger partial charge in [-0.25, -0.2) is 4.98 Å². The average Bonchev–Trinajstić information content (AvgIpc) is 2.82. The van der Waals surface area contributed by atoms with Crippen LogP contribution in [0.25, 0.3) is 0 Å². The number of aryl methyl sites for hydroxylation is 1. The van der Waals surface area contributed by atoms with E-state index in [1.165, 1.54) is 0 Å². The molecule has 1 aliphatic rings. The lowest BCUT2D eigenvalue weighted by molar-refractivity contribution is 0.00435. The van der Waals surface area contributed by atoms with Gasteiger partial charge in [0.1, 0.15) is 0 Å². The third-order valence-electron chi connectivity index (χ3n) is 4.22. The van der Waals surface area contributed by atoms with Crippen molar-refractivity contribution >= 4 is 0 Å². The molecular formula is C14H25N3O2. The third-order valence-corrected chi connectivity index (χ3v) is 4.22. The van der Waals surface area contributed by atoms with Crippen LogP contribution in [-0.2, 0) is 11.3 Å². The highest BCUT2D eigenvalue weighted by atomic mass is 16.5. The van der Waals surface area contributed by atoms with Crippen LogP contribution in [0.1, 0.15) is 30.7 Å². The molecule has 108 valence electrons. The van der Waals surface area contributed by atoms with Gasteiger partial charge in [0, 0.05) is 37.9 Å². The van der Waals surface area contributed by atoms with Gasteiger partial charge < -0.3 is 14.8 Å². The molecule has 2 rings (SSSR count). The Hall–Kier alpha value is -0.910. The molecule has 1 fully saturated rings. The number of rotatable bonds is 6. The van der Waals surface area contributed by atoms with Gasteiger partial charge in [-0.05, 0) is 32.7 Å². The molecule has 0 aliphatic carbocycles. The predicted molar refractivity (Wildman–Crippen MR) is 73.8 cm³/mol. The van der Waals surface area contributed by atoms with Crippen LogP contribution in [0.5, 0.6) is 0 Å². The number of nitrogens with one attached hydrogen (secondary N) is 1. The summed E-state index contributed by atoms with van der Waals surface area (Å²) in [5.74, 6) is 0. The summed E-state index contributed by atoms with van der Waals surface area (Å²) in [4.78, 5) is 9.88. The molecule has 5 heteroatoms. The lowest BCUT2D eigenvalue weighted by Gasteiger charge is -2.41. The highest BCUT2D eigenvalue weighted by Crippen LogP contribution is 2.33. The van der Waals surface area contributed by atoms with Gasteiger partial charge in [0.25, 0.3) is 0 Å². The van der Waals surface area contributed by atoms with Crippen molar-refractivity contribution in [2.45, 2.75) is 32.7 Å². The van der Waals surface area contributed by atoms with E-state index in [-0.39, 0.29) is 12.0 Å². The van der Waals surface area contributed by atoms with Crippen molar-refractivity contribution in [3.63, 3.8) is 0 Å². The molecule has 1 atom stereocenters. The molecule has 19 heavy (non-hydrogen) atoms. The van der Waals surface area contributed by atoms with Crippen LogP contribution in [-0.4, -0.2) is 53.4 Å². The van der Waals surface area contributed by atoms with Gasteiger partial charge in [0.05, 0.1) is 18.6 Å². The number of imidazole rings is 1. The van der Waals surface area contributed by atoms with Gasteiger partial charge in [-0.3, -0.25) is 4.90 Å². The minimum absolute atomic E-state index is 0.00152. The maximum Gasteiger partial charge on any atom is 0.0925 e. The Morgan fingerprint density at radius 1 is 1.58 bits per heavy atom. The number of aromatic amines is 1. The number of nitrogens with zero attached hydrogens (tertiary/aromatic N) is 2. The Kier molecular flexibility index (Phi) is 4.96. The molecule has 0 saturated carbocycles. The van der Waals surface area contributed by atoms with Crippen LogP contribution in [0, 0.1) is 12.3 Å². The van der Waals surface area contributed by atoms with E-state index in [4.69, 9.17) is 4.74 Å². The molecule has 1 aromatic heterocycles. The predicted octanol–water partition coefficient (Wildman–Crippen LogP) is 1.33. The zero-order chi connectivity index (χ0) is 13.7. The number of aliphatic hydroxyl groups is 1. The lowest BCUT2D eigenvalue weighted by atomic mass is 9.78. The Morgan fingerprint density at radius 3 is 3.05 bits per heavy atom. The monoisotopic (exact) mass is 267 g/mol. The number of methoxy groups -OCH3 is 1. The van der Waals surface area contributed by atoms with E-state index < -0.39 is 0 Å². The van der Waals surface area contributed by atoms with Gasteiger partial charge in [0.2, 0.25) is 0 Å². The Balaban J connectivity index is 1.97. The van der Waals surface area contributed by atoms with E-state index in [1.54, 1.807) is 13.4 Å². The largest absolute Gasteiger partial charge is 0.396 e. The minimum Gasteiger partial charge on any atom is -0.396 e. The van der Waals surface area contributed by atoms with Crippen molar-refractivity contribution in [2.75, 3.05) is 33.4 Å². The van der Waals surface area contributed by atoms with Gasteiger partial charge >= 0.3 is 0 Å². The van der Waals surface area contributed by atoms with Crippen LogP contribution in [0.4, 0.5) is 0 Å². The second-order valence-electron chi connectivity index (χ2n) is 5.69. The van der Waals surface area contributed by atoms with E-state index in [1.807, 2.05) is 0 Å². The van der Waals surface area contributed by atoms with E-state index >= 15 is 0 Å². The maximum absolute atomic E-state index is 9.76. The van der Waals surface area contributed by atoms with Crippen molar-refractivity contribution in [1.82, 2.24) is 14.9 Å². The topological polar surface area (TPSA) is 61.4 Å². The molecule has 1 saturated heterocycles. The molecule has 0 unspecified atom stereocenters. The number of likely N-dealkylation sites (tertiary alicyclic amines) is 1. The van der Waals surface area contributed by atoms with Gasteiger partial charge in [-0.1, -0.05) is 0 Å². The first-order valence-corrected chi connectivity index (χ1v) is 7.00. The van der Waals surface area contributed by atoms with Crippen LogP contribution < -0.4 is 0 Å². The second kappa shape index (κ2) is 6.50. The minimum atomic E-state index is -0.00152. The molecule has 1 aromatic rings. The number of hydrogen-bond donors (Lipinski definition) is 2. The normalized spacial score (nSPS) is 24.8. The van der Waals surface area contributed by atoms with Crippen LogP contribution in [0.2, 0.25) is 0 Å². The van der Waals surface area contributed by atoms with E-state index in [0.717, 1.165) is 56.9 Å². The van der Waals surface area contributed by atoms with E-state index in [0.29, 0.717) is 0 Å². The Labute approximate surface area is 115 Å². The molecule has 0 radical (unpaired) electrons. The highest BCUT2D eigenvalue weighted by molar-refractivity contribution is 5.08. The molecule has 2 N–H and O–H groups in total. The molecule has 2 heterocycles. The first-order valence-electron chi connectivity index (χ1n) is 7.00. The van der Waals surface area contributed by atoms with Crippen LogP contribution in [0.15, 0.2) is 6.33 Å². The summed E-state index contributed by atoms with van der Waals surface area (Å²) in [5.41, 5.74) is 2.25. The van der Waals surface area contributed by atoms with Crippen molar-refractivity contribution in [3.05, 3.63) is 17.7 Å². The number of ether oxygens (including phenoxy) is 1. The summed E-state index contributed by atoms with van der Waals surface area (Å²) < 4.78 is 5.18. The highest BCUT2D eigenvalue weighted by Gasteiger charge is 2.34. The Bertz CT molecular complexity index is 394. The van der Waals surface area contributed by atoms with E-state index in [2.05, 4.69) is 21.8 Å². The number of aromatic nitrogens is 2. The molecule has 1 aliphatic heterocycles. The smallest absolute Gasteiger partial charge is 0.0925 e. The van der Waals surface area contributed by atoms with Crippen molar-refractivity contribution in [3.8, 4) is 0 Å². The van der Waals surface area contributed by atoms with Gasteiger partial charge in [-0.2, -0.15) is 0 Å². The maximum atomic E-state index is 9.76. The SMILES string of the molecule is COCC[C@]1(CO)CCCN(Cc2nc[nH]c2C)C1. The fourth-order valence-corrected chi connectivity index (χ4v) is 2.93. The lowest BCUT2D eigenvalue weighted by Crippen LogP contribution is -2.45. The average molecular weight is 267 g/mol. The first kappa shape index (κ1) is 14.5. The molecular weight excluding hydrogens is 242 g/mol. The summed E-state index contributed by atoms with van der Waals surface area (Å²) in [6.45, 7) is 5.89. The molecule has 0 bridgehead atoms. The summed E-state index contributed by atoms with van der Waals surface area (Å²) in [6, 6.07) is 0. The summed E-state index contributed by atoms with van der Waals surface area (Å²) in [7, 11) is 1.72. The fraction of sp³-hybridized carbons (Fsp3) is 0.786. The number of piperidine rings is 1. The fourth-order valence-electron chi connectivity index (χ4n) is 2.93. The van der Waals surface area contributed by atoms with Crippen molar-refractivity contribution in [1.29, 1.82) is 0 Å². The molecule has 0 amide bonds. The molecule has 5 nitrogen and oxygen atoms in total. The van der Waals surface area contributed by atoms with E-state index in [9.17, 15) is 5.11 Å².